The van der Waals surface area contributed by atoms with Crippen molar-refractivity contribution >= 4 is 0 Å². The fourth-order valence-electron chi connectivity index (χ4n) is 2.08. The van der Waals surface area contributed by atoms with E-state index in [0.717, 1.165) is 36.2 Å². The first-order valence-electron chi connectivity index (χ1n) is 6.67. The molecule has 0 bridgehead atoms. The van der Waals surface area contributed by atoms with Crippen LogP contribution in [0.25, 0.3) is 0 Å². The van der Waals surface area contributed by atoms with E-state index in [0.29, 0.717) is 0 Å². The predicted octanol–water partition coefficient (Wildman–Crippen LogP) is 3.39. The number of nitrogens with zero attached hydrogens (tertiary/aromatic N) is 1. The lowest BCUT2D eigenvalue weighted by Crippen LogP contribution is -2.48. The van der Waals surface area contributed by atoms with Crippen molar-refractivity contribution in [1.82, 2.24) is 0 Å². The van der Waals surface area contributed by atoms with Gasteiger partial charge in [-0.1, -0.05) is 24.6 Å². The number of likely N-dealkylation sites (N-methyl/N-ethyl adjacent to an activating group) is 1. The number of benzene rings is 1. The SMILES string of the molecule is C=CC[N+](CC)(CC)CC#Cc1cccc(C)c1. The molecule has 0 N–H and O–H groups in total. The van der Waals surface area contributed by atoms with Gasteiger partial charge in [0.2, 0.25) is 0 Å². The summed E-state index contributed by atoms with van der Waals surface area (Å²) >= 11 is 0. The second-order valence-corrected chi connectivity index (χ2v) is 4.77. The highest BCUT2D eigenvalue weighted by Gasteiger charge is 2.19. The van der Waals surface area contributed by atoms with Gasteiger partial charge in [0.25, 0.3) is 0 Å². The van der Waals surface area contributed by atoms with Crippen molar-refractivity contribution in [3.63, 3.8) is 0 Å². The minimum absolute atomic E-state index is 0.896. The van der Waals surface area contributed by atoms with E-state index in [9.17, 15) is 0 Å². The van der Waals surface area contributed by atoms with E-state index < -0.39 is 0 Å². The molecule has 1 aromatic rings. The van der Waals surface area contributed by atoms with Crippen LogP contribution in [0.15, 0.2) is 36.9 Å². The Morgan fingerprint density at radius 2 is 2.00 bits per heavy atom. The molecule has 0 atom stereocenters. The largest absolute Gasteiger partial charge is 0.311 e. The van der Waals surface area contributed by atoms with E-state index in [4.69, 9.17) is 0 Å². The zero-order valence-corrected chi connectivity index (χ0v) is 11.9. The highest BCUT2D eigenvalue weighted by molar-refractivity contribution is 5.36. The van der Waals surface area contributed by atoms with Crippen LogP contribution in [0, 0.1) is 18.8 Å². The molecule has 18 heavy (non-hydrogen) atoms. The van der Waals surface area contributed by atoms with Gasteiger partial charge in [-0.15, -0.1) is 0 Å². The van der Waals surface area contributed by atoms with E-state index in [1.165, 1.54) is 5.56 Å². The standard InChI is InChI=1S/C17H24N/c1-5-13-18(6-2,7-3)14-9-12-17-11-8-10-16(4)15-17/h5,8,10-11,15H,1,6-7,13-14H2,2-4H3/q+1. The van der Waals surface area contributed by atoms with Crippen LogP contribution in [0.5, 0.6) is 0 Å². The van der Waals surface area contributed by atoms with Crippen molar-refractivity contribution in [3.05, 3.63) is 48.0 Å². The lowest BCUT2D eigenvalue weighted by Gasteiger charge is -2.33. The van der Waals surface area contributed by atoms with E-state index in [-0.39, 0.29) is 0 Å². The summed E-state index contributed by atoms with van der Waals surface area (Å²) in [4.78, 5) is 0. The molecular weight excluding hydrogens is 218 g/mol. The second-order valence-electron chi connectivity index (χ2n) is 4.77. The molecule has 96 valence electrons. The highest BCUT2D eigenvalue weighted by Crippen LogP contribution is 2.06. The van der Waals surface area contributed by atoms with Crippen LogP contribution in [-0.4, -0.2) is 30.7 Å². The van der Waals surface area contributed by atoms with Crippen molar-refractivity contribution in [3.8, 4) is 11.8 Å². The number of rotatable bonds is 5. The number of aryl methyl sites for hydroxylation is 1. The molecular formula is C17H24N+. The number of hydrogen-bond acceptors (Lipinski definition) is 0. The van der Waals surface area contributed by atoms with E-state index in [1.54, 1.807) is 0 Å². The van der Waals surface area contributed by atoms with Crippen molar-refractivity contribution < 1.29 is 4.48 Å². The molecule has 1 rings (SSSR count). The van der Waals surface area contributed by atoms with Gasteiger partial charge in [-0.2, -0.15) is 0 Å². The minimum atomic E-state index is 0.896. The van der Waals surface area contributed by atoms with Crippen LogP contribution in [0.1, 0.15) is 25.0 Å². The third kappa shape index (κ3) is 4.05. The van der Waals surface area contributed by atoms with E-state index >= 15 is 0 Å². The van der Waals surface area contributed by atoms with Gasteiger partial charge in [-0.05, 0) is 50.5 Å². The molecule has 0 aliphatic rings. The molecule has 0 radical (unpaired) electrons. The first-order chi connectivity index (χ1) is 8.65. The van der Waals surface area contributed by atoms with Crippen LogP contribution in [-0.2, 0) is 0 Å². The number of quaternary nitrogens is 1. The number of hydrogen-bond donors (Lipinski definition) is 0. The molecule has 0 saturated carbocycles. The van der Waals surface area contributed by atoms with E-state index in [2.05, 4.69) is 63.5 Å². The molecule has 0 amide bonds. The molecule has 0 aromatic heterocycles. The first kappa shape index (κ1) is 14.5. The van der Waals surface area contributed by atoms with Gasteiger partial charge in [-0.3, -0.25) is 0 Å². The summed E-state index contributed by atoms with van der Waals surface area (Å²) in [5.74, 6) is 6.60. The molecule has 0 unspecified atom stereocenters. The molecule has 1 aromatic carbocycles. The summed E-state index contributed by atoms with van der Waals surface area (Å²) in [7, 11) is 0. The van der Waals surface area contributed by atoms with Crippen LogP contribution in [0.2, 0.25) is 0 Å². The Bertz CT molecular complexity index is 444. The zero-order chi connectivity index (χ0) is 13.4. The average molecular weight is 242 g/mol. The zero-order valence-electron chi connectivity index (χ0n) is 11.9. The van der Waals surface area contributed by atoms with Crippen molar-refractivity contribution in [2.24, 2.45) is 0 Å². The van der Waals surface area contributed by atoms with Gasteiger partial charge in [0.1, 0.15) is 6.54 Å². The summed E-state index contributed by atoms with van der Waals surface area (Å²) in [6, 6.07) is 8.36. The van der Waals surface area contributed by atoms with Gasteiger partial charge in [0.05, 0.1) is 19.6 Å². The van der Waals surface area contributed by atoms with Crippen molar-refractivity contribution in [1.29, 1.82) is 0 Å². The average Bonchev–Trinajstić information content (AvgIpc) is 2.38. The van der Waals surface area contributed by atoms with Gasteiger partial charge in [-0.25, -0.2) is 0 Å². The maximum atomic E-state index is 3.86. The van der Waals surface area contributed by atoms with Crippen molar-refractivity contribution in [2.75, 3.05) is 26.2 Å². The monoisotopic (exact) mass is 242 g/mol. The van der Waals surface area contributed by atoms with Crippen LogP contribution >= 0.6 is 0 Å². The minimum Gasteiger partial charge on any atom is -0.311 e. The van der Waals surface area contributed by atoms with Crippen LogP contribution in [0.4, 0.5) is 0 Å². The molecule has 0 heterocycles. The summed E-state index contributed by atoms with van der Waals surface area (Å²) in [5, 5.41) is 0. The smallest absolute Gasteiger partial charge is 0.141 e. The quantitative estimate of drug-likeness (QED) is 0.422. The second kappa shape index (κ2) is 7.03. The Labute approximate surface area is 112 Å². The Morgan fingerprint density at radius 1 is 1.28 bits per heavy atom. The maximum absolute atomic E-state index is 3.86. The third-order valence-corrected chi connectivity index (χ3v) is 3.52. The lowest BCUT2D eigenvalue weighted by molar-refractivity contribution is -0.912. The molecule has 0 fully saturated rings. The van der Waals surface area contributed by atoms with Crippen molar-refractivity contribution in [2.45, 2.75) is 20.8 Å². The summed E-state index contributed by atoms with van der Waals surface area (Å²) < 4.78 is 1.00. The lowest BCUT2D eigenvalue weighted by atomic mass is 10.1. The van der Waals surface area contributed by atoms with Gasteiger partial charge < -0.3 is 4.48 Å². The Morgan fingerprint density at radius 3 is 2.56 bits per heavy atom. The molecule has 0 spiro atoms. The van der Waals surface area contributed by atoms with Crippen LogP contribution < -0.4 is 0 Å². The van der Waals surface area contributed by atoms with Gasteiger partial charge in [0.15, 0.2) is 0 Å². The Kier molecular flexibility index (Phi) is 5.68. The van der Waals surface area contributed by atoms with Gasteiger partial charge >= 0.3 is 0 Å². The highest BCUT2D eigenvalue weighted by atomic mass is 15.3. The third-order valence-electron chi connectivity index (χ3n) is 3.52. The molecule has 0 saturated heterocycles. The fourth-order valence-corrected chi connectivity index (χ4v) is 2.08. The molecule has 0 aliphatic carbocycles. The fraction of sp³-hybridized carbons (Fsp3) is 0.412. The normalized spacial score (nSPS) is 10.6. The maximum Gasteiger partial charge on any atom is 0.141 e. The van der Waals surface area contributed by atoms with Crippen LogP contribution in [0.3, 0.4) is 0 Å². The molecule has 0 aliphatic heterocycles. The van der Waals surface area contributed by atoms with Gasteiger partial charge in [0, 0.05) is 5.56 Å². The topological polar surface area (TPSA) is 0 Å². The van der Waals surface area contributed by atoms with E-state index in [1.807, 2.05) is 6.08 Å². The summed E-state index contributed by atoms with van der Waals surface area (Å²) in [6.45, 7) is 14.5. The summed E-state index contributed by atoms with van der Waals surface area (Å²) in [6.07, 6.45) is 2.00. The Hall–Kier alpha value is -1.52. The first-order valence-corrected chi connectivity index (χ1v) is 6.67. The molecule has 1 nitrogen and oxygen atoms in total. The molecule has 1 heteroatoms. The Balaban J connectivity index is 2.76. The summed E-state index contributed by atoms with van der Waals surface area (Å²) in [5.41, 5.74) is 2.37. The predicted molar refractivity (Wildman–Crippen MR) is 79.3 cm³/mol.